The van der Waals surface area contributed by atoms with Gasteiger partial charge in [0.25, 0.3) is 11.5 Å². The fraction of sp³-hybridized carbons (Fsp3) is 0.480. The molecule has 182 valence electrons. The summed E-state index contributed by atoms with van der Waals surface area (Å²) < 4.78 is 12.1. The molecule has 0 aliphatic carbocycles. The predicted molar refractivity (Wildman–Crippen MR) is 128 cm³/mol. The third kappa shape index (κ3) is 4.98. The Morgan fingerprint density at radius 2 is 1.82 bits per heavy atom. The number of nitrogens with zero attached hydrogens (tertiary/aromatic N) is 3. The highest BCUT2D eigenvalue weighted by Gasteiger charge is 2.36. The van der Waals surface area contributed by atoms with Crippen LogP contribution in [0, 0.1) is 0 Å². The summed E-state index contributed by atoms with van der Waals surface area (Å²) in [5.41, 5.74) is 1.96. The molecule has 0 saturated carbocycles. The number of benzene rings is 1. The van der Waals surface area contributed by atoms with Crippen molar-refractivity contribution in [3.05, 3.63) is 62.5 Å². The Bertz CT molecular complexity index is 1110. The number of esters is 1. The molecule has 1 saturated heterocycles. The number of piperidine rings is 1. The topological polar surface area (TPSA) is 81.1 Å². The van der Waals surface area contributed by atoms with Crippen LogP contribution in [0.5, 0.6) is 5.75 Å². The van der Waals surface area contributed by atoms with Crippen molar-refractivity contribution >= 4 is 23.5 Å². The van der Waals surface area contributed by atoms with Crippen LogP contribution in [0.2, 0.25) is 5.02 Å². The van der Waals surface area contributed by atoms with Gasteiger partial charge in [0.1, 0.15) is 17.4 Å². The summed E-state index contributed by atoms with van der Waals surface area (Å²) in [6.07, 6.45) is 2.74. The van der Waals surface area contributed by atoms with Crippen LogP contribution in [0.4, 0.5) is 0 Å². The minimum absolute atomic E-state index is 0.195. The lowest BCUT2D eigenvalue weighted by atomic mass is 9.99. The number of aromatic nitrogens is 1. The van der Waals surface area contributed by atoms with Crippen LogP contribution in [0.3, 0.4) is 0 Å². The molecule has 1 amide bonds. The molecule has 0 bridgehead atoms. The first-order valence-corrected chi connectivity index (χ1v) is 12.0. The number of fused-ring (bicyclic) bond motifs is 1. The molecule has 1 aromatic heterocycles. The molecule has 34 heavy (non-hydrogen) atoms. The van der Waals surface area contributed by atoms with Crippen molar-refractivity contribution < 1.29 is 19.1 Å². The van der Waals surface area contributed by atoms with Crippen LogP contribution >= 0.6 is 11.6 Å². The highest BCUT2D eigenvalue weighted by atomic mass is 35.5. The number of methoxy groups -OCH3 is 2. The van der Waals surface area contributed by atoms with E-state index in [1.165, 1.54) is 20.3 Å². The van der Waals surface area contributed by atoms with Crippen molar-refractivity contribution in [2.24, 2.45) is 0 Å². The van der Waals surface area contributed by atoms with Crippen LogP contribution in [0.1, 0.15) is 40.9 Å². The maximum Gasteiger partial charge on any atom is 0.328 e. The van der Waals surface area contributed by atoms with E-state index in [0.29, 0.717) is 55.3 Å². The summed E-state index contributed by atoms with van der Waals surface area (Å²) in [5, 5.41) is 0.691. The molecule has 8 nitrogen and oxygen atoms in total. The average molecular weight is 488 g/mol. The van der Waals surface area contributed by atoms with Gasteiger partial charge in [-0.1, -0.05) is 23.7 Å². The normalized spacial score (nSPS) is 18.7. The number of pyridine rings is 1. The Morgan fingerprint density at radius 1 is 1.06 bits per heavy atom. The summed E-state index contributed by atoms with van der Waals surface area (Å²) in [5.74, 6) is -0.455. The Morgan fingerprint density at radius 3 is 2.53 bits per heavy atom. The maximum atomic E-state index is 13.8. The van der Waals surface area contributed by atoms with Gasteiger partial charge in [-0.15, -0.1) is 0 Å². The molecule has 0 radical (unpaired) electrons. The SMILES string of the molecule is COC(=O)[C@H]1CCCCN1C(=O)c1c(OC)cc(=O)n2c1CCN(Cc1ccc(Cl)cc1)CC2. The van der Waals surface area contributed by atoms with Gasteiger partial charge in [-0.2, -0.15) is 0 Å². The Kier molecular flexibility index (Phi) is 7.58. The van der Waals surface area contributed by atoms with E-state index in [2.05, 4.69) is 4.90 Å². The van der Waals surface area contributed by atoms with Crippen LogP contribution in [0.15, 0.2) is 35.1 Å². The van der Waals surface area contributed by atoms with E-state index in [-0.39, 0.29) is 17.2 Å². The number of carbonyl (C=O) groups is 2. The van der Waals surface area contributed by atoms with E-state index in [1.54, 1.807) is 9.47 Å². The number of halogens is 1. The fourth-order valence-corrected chi connectivity index (χ4v) is 5.02. The fourth-order valence-electron chi connectivity index (χ4n) is 4.89. The van der Waals surface area contributed by atoms with Crippen LogP contribution in [-0.2, 0) is 29.0 Å². The first-order valence-electron chi connectivity index (χ1n) is 11.6. The van der Waals surface area contributed by atoms with Crippen molar-refractivity contribution in [3.63, 3.8) is 0 Å². The largest absolute Gasteiger partial charge is 0.496 e. The molecule has 1 fully saturated rings. The molecule has 2 aliphatic heterocycles. The third-order valence-electron chi connectivity index (χ3n) is 6.68. The van der Waals surface area contributed by atoms with Crippen LogP contribution in [-0.4, -0.2) is 66.1 Å². The summed E-state index contributed by atoms with van der Waals surface area (Å²) in [6.45, 7) is 2.99. The van der Waals surface area contributed by atoms with E-state index >= 15 is 0 Å². The molecule has 1 aromatic carbocycles. The molecule has 9 heteroatoms. The van der Waals surface area contributed by atoms with Gasteiger partial charge >= 0.3 is 5.97 Å². The van der Waals surface area contributed by atoms with Crippen molar-refractivity contribution in [2.45, 2.75) is 44.8 Å². The van der Waals surface area contributed by atoms with Gasteiger partial charge in [0.05, 0.1) is 14.2 Å². The molecule has 1 atom stereocenters. The Hall–Kier alpha value is -2.84. The number of hydrogen-bond acceptors (Lipinski definition) is 6. The van der Waals surface area contributed by atoms with Crippen molar-refractivity contribution in [1.82, 2.24) is 14.4 Å². The molecule has 0 spiro atoms. The zero-order valence-corrected chi connectivity index (χ0v) is 20.3. The number of rotatable bonds is 5. The quantitative estimate of drug-likeness (QED) is 0.603. The zero-order valence-electron chi connectivity index (χ0n) is 19.6. The molecule has 2 aliphatic rings. The predicted octanol–water partition coefficient (Wildman–Crippen LogP) is 2.74. The summed E-state index contributed by atoms with van der Waals surface area (Å²) in [6, 6.07) is 8.47. The highest BCUT2D eigenvalue weighted by Crippen LogP contribution is 2.28. The van der Waals surface area contributed by atoms with Gasteiger partial charge in [-0.3, -0.25) is 14.5 Å². The standard InChI is InChI=1S/C25H30ClN3O5/c1-33-21-15-22(30)28-14-13-27(16-17-6-8-18(26)9-7-17)12-10-19(28)23(21)24(31)29-11-4-3-5-20(29)25(32)34-2/h6-9,15,20H,3-5,10-14,16H2,1-2H3/t20-/m1/s1. The van der Waals surface area contributed by atoms with Gasteiger partial charge in [0, 0.05) is 55.9 Å². The second-order valence-electron chi connectivity index (χ2n) is 8.71. The van der Waals surface area contributed by atoms with Crippen molar-refractivity contribution in [1.29, 1.82) is 0 Å². The maximum absolute atomic E-state index is 13.8. The first kappa shape index (κ1) is 24.3. The van der Waals surface area contributed by atoms with Crippen molar-refractivity contribution in [3.8, 4) is 5.75 Å². The molecular formula is C25H30ClN3O5. The lowest BCUT2D eigenvalue weighted by Gasteiger charge is -2.34. The van der Waals surface area contributed by atoms with Crippen molar-refractivity contribution in [2.75, 3.05) is 33.9 Å². The average Bonchev–Trinajstić information content (AvgIpc) is 3.07. The second-order valence-corrected chi connectivity index (χ2v) is 9.15. The Balaban J connectivity index is 1.65. The van der Waals surface area contributed by atoms with Gasteiger partial charge < -0.3 is 18.9 Å². The molecule has 2 aromatic rings. The van der Waals surface area contributed by atoms with E-state index < -0.39 is 12.0 Å². The number of hydrogen-bond donors (Lipinski definition) is 0. The summed E-state index contributed by atoms with van der Waals surface area (Å²) in [7, 11) is 2.80. The van der Waals surface area contributed by atoms with Gasteiger partial charge in [-0.05, 0) is 37.0 Å². The van der Waals surface area contributed by atoms with Crippen LogP contribution < -0.4 is 10.3 Å². The van der Waals surface area contributed by atoms with E-state index in [9.17, 15) is 14.4 Å². The molecule has 0 unspecified atom stereocenters. The van der Waals surface area contributed by atoms with Gasteiger partial charge in [0.15, 0.2) is 0 Å². The number of carbonyl (C=O) groups excluding carboxylic acids is 2. The number of amides is 1. The molecule has 3 heterocycles. The van der Waals surface area contributed by atoms with Crippen LogP contribution in [0.25, 0.3) is 0 Å². The number of likely N-dealkylation sites (tertiary alicyclic amines) is 1. The minimum atomic E-state index is -0.629. The smallest absolute Gasteiger partial charge is 0.328 e. The van der Waals surface area contributed by atoms with E-state index in [4.69, 9.17) is 21.1 Å². The van der Waals surface area contributed by atoms with E-state index in [0.717, 1.165) is 24.9 Å². The lowest BCUT2D eigenvalue weighted by Crippen LogP contribution is -2.49. The Labute approximate surface area is 204 Å². The van der Waals surface area contributed by atoms with Gasteiger partial charge in [-0.25, -0.2) is 4.79 Å². The highest BCUT2D eigenvalue weighted by molar-refractivity contribution is 6.30. The van der Waals surface area contributed by atoms with Gasteiger partial charge in [0.2, 0.25) is 0 Å². The lowest BCUT2D eigenvalue weighted by molar-refractivity contribution is -0.147. The molecule has 0 N–H and O–H groups in total. The summed E-state index contributed by atoms with van der Waals surface area (Å²) >= 11 is 6.01. The third-order valence-corrected chi connectivity index (χ3v) is 6.93. The minimum Gasteiger partial charge on any atom is -0.496 e. The van der Waals surface area contributed by atoms with E-state index in [1.807, 2.05) is 24.3 Å². The number of ether oxygens (including phenoxy) is 2. The molecular weight excluding hydrogens is 458 g/mol. The molecule has 4 rings (SSSR count). The zero-order chi connectivity index (χ0) is 24.2. The summed E-state index contributed by atoms with van der Waals surface area (Å²) in [4.78, 5) is 42.9. The monoisotopic (exact) mass is 487 g/mol. The second kappa shape index (κ2) is 10.6. The first-order chi connectivity index (χ1) is 16.4.